The van der Waals surface area contributed by atoms with Crippen molar-refractivity contribution in [2.45, 2.75) is 0 Å². The second-order valence-electron chi connectivity index (χ2n) is 3.90. The Balaban J connectivity index is 2.17. The molecule has 2 N–H and O–H groups in total. The van der Waals surface area contributed by atoms with Crippen molar-refractivity contribution < 1.29 is 4.42 Å². The Morgan fingerprint density at radius 3 is 2.95 bits per heavy atom. The molecule has 0 aliphatic heterocycles. The molecule has 0 saturated heterocycles. The molecular formula is C13H8N4O2. The molecule has 0 fully saturated rings. The average molecular weight is 252 g/mol. The SMILES string of the molecule is N#Cc1cc2ccc(=O)oc2cc1Nc1ccn[nH]1. The Bertz CT molecular complexity index is 828. The lowest BCUT2D eigenvalue weighted by atomic mass is 10.1. The Morgan fingerprint density at radius 2 is 2.21 bits per heavy atom. The second-order valence-corrected chi connectivity index (χ2v) is 3.90. The quantitative estimate of drug-likeness (QED) is 0.681. The van der Waals surface area contributed by atoms with E-state index in [2.05, 4.69) is 21.6 Å². The molecule has 1 aromatic carbocycles. The van der Waals surface area contributed by atoms with Crippen molar-refractivity contribution in [1.29, 1.82) is 5.26 Å². The van der Waals surface area contributed by atoms with E-state index in [1.165, 1.54) is 6.07 Å². The fourth-order valence-electron chi connectivity index (χ4n) is 1.78. The number of H-pyrrole nitrogens is 1. The Hall–Kier alpha value is -3.07. The molecule has 0 atom stereocenters. The number of nitrogens with one attached hydrogen (secondary N) is 2. The number of hydrogen-bond acceptors (Lipinski definition) is 5. The predicted octanol–water partition coefficient (Wildman–Crippen LogP) is 2.13. The Labute approximate surface area is 107 Å². The van der Waals surface area contributed by atoms with Crippen molar-refractivity contribution in [3.8, 4) is 6.07 Å². The Kier molecular flexibility index (Phi) is 2.50. The molecule has 0 spiro atoms. The fourth-order valence-corrected chi connectivity index (χ4v) is 1.78. The minimum Gasteiger partial charge on any atom is -0.423 e. The van der Waals surface area contributed by atoms with Crippen LogP contribution in [-0.4, -0.2) is 10.2 Å². The third-order valence-electron chi connectivity index (χ3n) is 2.65. The van der Waals surface area contributed by atoms with Gasteiger partial charge in [-0.15, -0.1) is 0 Å². The van der Waals surface area contributed by atoms with Crippen molar-refractivity contribution in [2.75, 3.05) is 5.32 Å². The minimum atomic E-state index is -0.426. The summed E-state index contributed by atoms with van der Waals surface area (Å²) in [7, 11) is 0. The van der Waals surface area contributed by atoms with Crippen LogP contribution >= 0.6 is 0 Å². The highest BCUT2D eigenvalue weighted by atomic mass is 16.4. The van der Waals surface area contributed by atoms with Crippen molar-refractivity contribution in [1.82, 2.24) is 10.2 Å². The van der Waals surface area contributed by atoms with Gasteiger partial charge in [-0.2, -0.15) is 10.4 Å². The molecule has 2 heterocycles. The second kappa shape index (κ2) is 4.31. The van der Waals surface area contributed by atoms with E-state index in [0.29, 0.717) is 28.0 Å². The smallest absolute Gasteiger partial charge is 0.336 e. The number of aromatic nitrogens is 2. The van der Waals surface area contributed by atoms with Crippen LogP contribution in [0.4, 0.5) is 11.5 Å². The van der Waals surface area contributed by atoms with Gasteiger partial charge in [0.1, 0.15) is 17.5 Å². The summed E-state index contributed by atoms with van der Waals surface area (Å²) in [6, 6.07) is 10.1. The van der Waals surface area contributed by atoms with Gasteiger partial charge in [0.15, 0.2) is 0 Å². The fraction of sp³-hybridized carbons (Fsp3) is 0. The van der Waals surface area contributed by atoms with Crippen LogP contribution in [0.25, 0.3) is 11.0 Å². The van der Waals surface area contributed by atoms with Crippen LogP contribution in [-0.2, 0) is 0 Å². The first kappa shape index (κ1) is 11.0. The highest BCUT2D eigenvalue weighted by Gasteiger charge is 2.07. The van der Waals surface area contributed by atoms with E-state index in [4.69, 9.17) is 9.68 Å². The first-order valence-electron chi connectivity index (χ1n) is 5.51. The molecule has 0 amide bonds. The van der Waals surface area contributed by atoms with Crippen molar-refractivity contribution >= 4 is 22.5 Å². The van der Waals surface area contributed by atoms with E-state index in [0.717, 1.165) is 0 Å². The number of nitrogens with zero attached hydrogens (tertiary/aromatic N) is 2. The van der Waals surface area contributed by atoms with E-state index < -0.39 is 5.63 Å². The van der Waals surface area contributed by atoms with E-state index in [1.54, 1.807) is 30.5 Å². The topological polar surface area (TPSA) is 94.7 Å². The largest absolute Gasteiger partial charge is 0.423 e. The molecule has 6 heteroatoms. The number of benzene rings is 1. The van der Waals surface area contributed by atoms with Crippen LogP contribution in [0.5, 0.6) is 0 Å². The van der Waals surface area contributed by atoms with Gasteiger partial charge in [0.05, 0.1) is 17.4 Å². The molecule has 92 valence electrons. The molecule has 0 aliphatic carbocycles. The van der Waals surface area contributed by atoms with E-state index in [1.807, 2.05) is 0 Å². The molecule has 0 aliphatic rings. The van der Waals surface area contributed by atoms with Crippen molar-refractivity contribution in [3.63, 3.8) is 0 Å². The summed E-state index contributed by atoms with van der Waals surface area (Å²) in [5.74, 6) is 0.647. The minimum absolute atomic E-state index is 0.425. The van der Waals surface area contributed by atoms with Crippen molar-refractivity contribution in [2.24, 2.45) is 0 Å². The first-order chi connectivity index (χ1) is 9.26. The van der Waals surface area contributed by atoms with Gasteiger partial charge in [0, 0.05) is 23.6 Å². The maximum Gasteiger partial charge on any atom is 0.336 e. The van der Waals surface area contributed by atoms with Gasteiger partial charge >= 0.3 is 5.63 Å². The molecular weight excluding hydrogens is 244 g/mol. The molecule has 0 saturated carbocycles. The Morgan fingerprint density at radius 1 is 1.32 bits per heavy atom. The van der Waals surface area contributed by atoms with Gasteiger partial charge in [0.2, 0.25) is 0 Å². The number of anilines is 2. The molecule has 19 heavy (non-hydrogen) atoms. The monoisotopic (exact) mass is 252 g/mol. The molecule has 3 aromatic rings. The van der Waals surface area contributed by atoms with Crippen LogP contribution in [0, 0.1) is 11.3 Å². The first-order valence-corrected chi connectivity index (χ1v) is 5.51. The molecule has 6 nitrogen and oxygen atoms in total. The van der Waals surface area contributed by atoms with Gasteiger partial charge in [-0.3, -0.25) is 5.10 Å². The van der Waals surface area contributed by atoms with Crippen LogP contribution in [0.1, 0.15) is 5.56 Å². The summed E-state index contributed by atoms with van der Waals surface area (Å²) in [6.07, 6.45) is 1.59. The molecule has 2 aromatic heterocycles. The van der Waals surface area contributed by atoms with Crippen molar-refractivity contribution in [3.05, 3.63) is 52.5 Å². The zero-order valence-corrected chi connectivity index (χ0v) is 9.68. The number of fused-ring (bicyclic) bond motifs is 1. The third-order valence-corrected chi connectivity index (χ3v) is 2.65. The summed E-state index contributed by atoms with van der Waals surface area (Å²) >= 11 is 0. The van der Waals surface area contributed by atoms with E-state index in [9.17, 15) is 4.79 Å². The van der Waals surface area contributed by atoms with Gasteiger partial charge < -0.3 is 9.73 Å². The zero-order chi connectivity index (χ0) is 13.2. The van der Waals surface area contributed by atoms with Gasteiger partial charge in [0.25, 0.3) is 0 Å². The number of aromatic amines is 1. The van der Waals surface area contributed by atoms with E-state index in [-0.39, 0.29) is 0 Å². The van der Waals surface area contributed by atoms with Crippen LogP contribution in [0.2, 0.25) is 0 Å². The lowest BCUT2D eigenvalue weighted by molar-refractivity contribution is 0.561. The highest BCUT2D eigenvalue weighted by Crippen LogP contribution is 2.24. The standard InChI is InChI=1S/C13H8N4O2/c14-7-9-5-8-1-2-13(18)19-11(8)6-10(9)16-12-3-4-15-17-12/h1-6H,(H2,15,16,17). The van der Waals surface area contributed by atoms with Gasteiger partial charge in [-0.25, -0.2) is 4.79 Å². The lowest BCUT2D eigenvalue weighted by Gasteiger charge is -2.06. The van der Waals surface area contributed by atoms with E-state index >= 15 is 0 Å². The molecule has 0 bridgehead atoms. The zero-order valence-electron chi connectivity index (χ0n) is 9.68. The third kappa shape index (κ3) is 2.05. The number of hydrogen-bond donors (Lipinski definition) is 2. The summed E-state index contributed by atoms with van der Waals surface area (Å²) in [4.78, 5) is 11.2. The van der Waals surface area contributed by atoms with Crippen LogP contribution in [0.3, 0.4) is 0 Å². The summed E-state index contributed by atoms with van der Waals surface area (Å²) in [5.41, 5.74) is 1.00. The average Bonchev–Trinajstić information content (AvgIpc) is 2.91. The van der Waals surface area contributed by atoms with Crippen LogP contribution in [0.15, 0.2) is 45.7 Å². The maximum absolute atomic E-state index is 11.2. The number of rotatable bonds is 2. The number of nitriles is 1. The molecule has 0 unspecified atom stereocenters. The summed E-state index contributed by atoms with van der Waals surface area (Å²) in [5, 5.41) is 19.4. The highest BCUT2D eigenvalue weighted by molar-refractivity contribution is 5.84. The molecule has 3 rings (SSSR count). The van der Waals surface area contributed by atoms with Gasteiger partial charge in [-0.1, -0.05) is 0 Å². The normalized spacial score (nSPS) is 10.3. The lowest BCUT2D eigenvalue weighted by Crippen LogP contribution is -1.98. The molecule has 0 radical (unpaired) electrons. The van der Waals surface area contributed by atoms with Gasteiger partial charge in [-0.05, 0) is 12.1 Å². The maximum atomic E-state index is 11.2. The predicted molar refractivity (Wildman–Crippen MR) is 69.1 cm³/mol. The summed E-state index contributed by atoms with van der Waals surface area (Å²) < 4.78 is 5.09. The summed E-state index contributed by atoms with van der Waals surface area (Å²) in [6.45, 7) is 0. The van der Waals surface area contributed by atoms with Crippen LogP contribution < -0.4 is 10.9 Å².